The molecule has 2 aliphatic heterocycles. The molecule has 2 aromatic rings. The maximum atomic E-state index is 14.8. The molecule has 0 radical (unpaired) electrons. The third-order valence-corrected chi connectivity index (χ3v) is 13.9. The minimum Gasteiger partial charge on any atom is -0.464 e. The first-order valence-corrected chi connectivity index (χ1v) is 25.0. The molecule has 5 atom stereocenters. The molecule has 70 heavy (non-hydrogen) atoms. The van der Waals surface area contributed by atoms with E-state index in [1.807, 2.05) is 71.8 Å². The van der Waals surface area contributed by atoms with E-state index in [1.54, 1.807) is 14.2 Å². The lowest BCUT2D eigenvalue weighted by molar-refractivity contribution is -0.155. The quantitative estimate of drug-likeness (QED) is 0.129. The molecule has 1 unspecified atom stereocenters. The van der Waals surface area contributed by atoms with Gasteiger partial charge in [-0.05, 0) is 108 Å². The van der Waals surface area contributed by atoms with Gasteiger partial charge in [0.1, 0.15) is 18.1 Å². The van der Waals surface area contributed by atoms with Crippen LogP contribution < -0.4 is 16.5 Å². The molecule has 0 saturated carbocycles. The SMILES string of the molecule is C/C=C\C(=C(/N)[C@H](C)OC)c1c2c3c(n1CC)C=CC(C)(C3)c1cccc(c1)C[C@H](NC(=O)[C@H](C(C)C)N(C)C(=O)CCN(CC)C(=O)C#CCN(C)C)C(=O)N1CCC[C@H](N1)C(=O)OCC(C)(C)C2. The smallest absolute Gasteiger partial charge is 0.324 e. The number of esters is 1. The fourth-order valence-electron chi connectivity index (χ4n) is 9.86. The van der Waals surface area contributed by atoms with Crippen molar-refractivity contribution in [2.24, 2.45) is 17.1 Å². The summed E-state index contributed by atoms with van der Waals surface area (Å²) in [7, 11) is 6.97. The number of carbonyl (C=O) groups is 5. The molecule has 4 amide bonds. The first kappa shape index (κ1) is 55.2. The van der Waals surface area contributed by atoms with E-state index in [2.05, 4.69) is 85.2 Å². The van der Waals surface area contributed by atoms with Crippen LogP contribution in [0.1, 0.15) is 115 Å². The van der Waals surface area contributed by atoms with Crippen LogP contribution >= 0.6 is 0 Å². The number of fused-ring (bicyclic) bond motifs is 6. The Hall–Kier alpha value is -5.69. The molecule has 382 valence electrons. The van der Waals surface area contributed by atoms with E-state index >= 15 is 0 Å². The number of aromatic nitrogens is 1. The van der Waals surface area contributed by atoms with E-state index < -0.39 is 46.7 Å². The molecule has 1 aromatic carbocycles. The summed E-state index contributed by atoms with van der Waals surface area (Å²) in [5.74, 6) is 3.14. The highest BCUT2D eigenvalue weighted by Gasteiger charge is 2.40. The summed E-state index contributed by atoms with van der Waals surface area (Å²) in [4.78, 5) is 74.8. The average Bonchev–Trinajstić information content (AvgIpc) is 3.61. The van der Waals surface area contributed by atoms with Crippen molar-refractivity contribution in [3.63, 3.8) is 0 Å². The minimum absolute atomic E-state index is 0.0150. The van der Waals surface area contributed by atoms with Crippen molar-refractivity contribution in [1.82, 2.24) is 35.0 Å². The lowest BCUT2D eigenvalue weighted by Crippen LogP contribution is -2.62. The van der Waals surface area contributed by atoms with Crippen LogP contribution in [-0.2, 0) is 64.7 Å². The largest absolute Gasteiger partial charge is 0.464 e. The number of nitrogens with two attached hydrogens (primary N) is 1. The molecule has 0 spiro atoms. The predicted molar refractivity (Wildman–Crippen MR) is 276 cm³/mol. The molecular weight excluding hydrogens is 885 g/mol. The van der Waals surface area contributed by atoms with Crippen molar-refractivity contribution in [3.8, 4) is 11.8 Å². The van der Waals surface area contributed by atoms with E-state index in [9.17, 15) is 24.0 Å². The fraction of sp³-hybridized carbons (Fsp3) is 0.582. The number of carbonyl (C=O) groups excluding carboxylic acids is 5. The monoisotopic (exact) mass is 965 g/mol. The molecule has 15 nitrogen and oxygen atoms in total. The van der Waals surface area contributed by atoms with Crippen LogP contribution in [0, 0.1) is 23.2 Å². The number of cyclic esters (lactones) is 1. The molecule has 1 aromatic heterocycles. The highest BCUT2D eigenvalue weighted by molar-refractivity contribution is 5.94. The number of ether oxygens (including phenoxy) is 2. The standard InChI is InChI=1S/C55H80N8O7/c1-14-20-40(48(56)37(6)69-13)50-42-33-54(7,8)35-70-53(68)43-23-18-29-63(58-43)52(67)44(32-38-21-17-22-39(31-38)55(9)27-25-45(41(42)34-55)62(50)16-3)57-51(66)49(36(4)5)60(12)46(64)26-30-61(15-2)47(65)24-19-28-59(10)11/h14,17,20-22,25,27,31,36-37,43-44,49,58H,15-16,18,23,26,28-30,32-35,56H2,1-13H3,(H,57,66)/b20-14-,48-40+/t37-,43-,44-,49-,55?/m0/s1. The van der Waals surface area contributed by atoms with Crippen molar-refractivity contribution in [2.45, 2.75) is 137 Å². The fourth-order valence-corrected chi connectivity index (χ4v) is 9.86. The Morgan fingerprint density at radius 1 is 1.09 bits per heavy atom. The summed E-state index contributed by atoms with van der Waals surface area (Å²) < 4.78 is 14.3. The van der Waals surface area contributed by atoms with Crippen molar-refractivity contribution in [1.29, 1.82) is 0 Å². The van der Waals surface area contributed by atoms with Gasteiger partial charge in [-0.25, -0.2) is 5.43 Å². The van der Waals surface area contributed by atoms with Crippen LogP contribution in [0.2, 0.25) is 0 Å². The van der Waals surface area contributed by atoms with Crippen molar-refractivity contribution >= 4 is 41.2 Å². The normalized spacial score (nSPS) is 21.5. The van der Waals surface area contributed by atoms with E-state index in [1.165, 1.54) is 20.4 Å². The number of hydrazine groups is 1. The van der Waals surface area contributed by atoms with Crippen molar-refractivity contribution in [3.05, 3.63) is 81.8 Å². The Kier molecular flexibility index (Phi) is 18.9. The van der Waals surface area contributed by atoms with Gasteiger partial charge in [0.2, 0.25) is 11.8 Å². The van der Waals surface area contributed by atoms with Crippen LogP contribution in [0.5, 0.6) is 0 Å². The van der Waals surface area contributed by atoms with Gasteiger partial charge < -0.3 is 34.9 Å². The number of hydrogen-bond acceptors (Lipinski definition) is 10. The maximum Gasteiger partial charge on any atom is 0.324 e. The van der Waals surface area contributed by atoms with Gasteiger partial charge in [-0.1, -0.05) is 83.0 Å². The number of rotatable bonds is 14. The number of hydrogen-bond donors (Lipinski definition) is 3. The van der Waals surface area contributed by atoms with Crippen molar-refractivity contribution in [2.75, 3.05) is 61.0 Å². The summed E-state index contributed by atoms with van der Waals surface area (Å²) in [6, 6.07) is 5.42. The lowest BCUT2D eigenvalue weighted by Gasteiger charge is -2.37. The number of methoxy groups -OCH3 is 1. The van der Waals surface area contributed by atoms with Gasteiger partial charge in [-0.2, -0.15) is 0 Å². The number of nitrogens with zero attached hydrogens (tertiary/aromatic N) is 5. The van der Waals surface area contributed by atoms with E-state index in [0.717, 1.165) is 33.7 Å². The Balaban J connectivity index is 1.55. The Morgan fingerprint density at radius 2 is 1.81 bits per heavy atom. The maximum absolute atomic E-state index is 14.8. The zero-order valence-corrected chi connectivity index (χ0v) is 44.2. The Labute approximate surface area is 417 Å². The van der Waals surface area contributed by atoms with Crippen LogP contribution in [0.4, 0.5) is 0 Å². The molecule has 1 aliphatic carbocycles. The third-order valence-electron chi connectivity index (χ3n) is 13.9. The number of allylic oxidation sites excluding steroid dienone is 4. The van der Waals surface area contributed by atoms with Crippen LogP contribution in [0.3, 0.4) is 0 Å². The highest BCUT2D eigenvalue weighted by atomic mass is 16.5. The van der Waals surface area contributed by atoms with Gasteiger partial charge in [-0.15, -0.1) is 0 Å². The second-order valence-electron chi connectivity index (χ2n) is 20.7. The zero-order chi connectivity index (χ0) is 51.7. The number of amides is 4. The summed E-state index contributed by atoms with van der Waals surface area (Å²) >= 11 is 0. The number of benzene rings is 1. The van der Waals surface area contributed by atoms with Gasteiger partial charge in [-0.3, -0.25) is 33.9 Å². The van der Waals surface area contributed by atoms with Gasteiger partial charge in [0.25, 0.3) is 11.8 Å². The van der Waals surface area contributed by atoms with Gasteiger partial charge >= 0.3 is 5.97 Å². The number of nitrogens with one attached hydrogen (secondary N) is 2. The second-order valence-corrected chi connectivity index (χ2v) is 20.7. The average molecular weight is 965 g/mol. The second kappa shape index (κ2) is 23.9. The molecule has 6 bridgehead atoms. The Morgan fingerprint density at radius 3 is 2.46 bits per heavy atom. The number of likely N-dealkylation sites (N-methyl/N-ethyl adjacent to an activating group) is 1. The summed E-state index contributed by atoms with van der Waals surface area (Å²) in [6.45, 7) is 20.1. The summed E-state index contributed by atoms with van der Waals surface area (Å²) in [6.07, 6.45) is 10.6. The zero-order valence-electron chi connectivity index (χ0n) is 44.2. The molecule has 3 heterocycles. The first-order chi connectivity index (χ1) is 33.1. The lowest BCUT2D eigenvalue weighted by atomic mass is 9.72. The van der Waals surface area contributed by atoms with Crippen molar-refractivity contribution < 1.29 is 33.4 Å². The minimum atomic E-state index is -1.06. The molecule has 3 aliphatic rings. The first-order valence-electron chi connectivity index (χ1n) is 25.0. The van der Waals surface area contributed by atoms with Gasteiger partial charge in [0, 0.05) is 81.0 Å². The van der Waals surface area contributed by atoms with E-state index in [4.69, 9.17) is 15.2 Å². The molecule has 1 fully saturated rings. The van der Waals surface area contributed by atoms with Crippen LogP contribution in [-0.4, -0.2) is 139 Å². The molecule has 15 heteroatoms. The van der Waals surface area contributed by atoms with Gasteiger partial charge in [0.05, 0.1) is 24.9 Å². The molecular formula is C55H80N8O7. The third kappa shape index (κ3) is 13.0. The topological polar surface area (TPSA) is 172 Å². The summed E-state index contributed by atoms with van der Waals surface area (Å²) in [5.41, 5.74) is 17.0. The van der Waals surface area contributed by atoms with Gasteiger partial charge in [0.15, 0.2) is 0 Å². The molecule has 5 rings (SSSR count). The van der Waals surface area contributed by atoms with E-state index in [-0.39, 0.29) is 49.8 Å². The van der Waals surface area contributed by atoms with E-state index in [0.29, 0.717) is 57.6 Å². The van der Waals surface area contributed by atoms with Crippen LogP contribution in [0.25, 0.3) is 11.6 Å². The van der Waals surface area contributed by atoms with Crippen LogP contribution in [0.15, 0.2) is 48.2 Å². The molecule has 1 saturated heterocycles. The Bertz CT molecular complexity index is 2400. The predicted octanol–water partition coefficient (Wildman–Crippen LogP) is 5.25. The molecule has 4 N–H and O–H groups in total. The highest BCUT2D eigenvalue weighted by Crippen LogP contribution is 2.44. The summed E-state index contributed by atoms with van der Waals surface area (Å²) in [5, 5.41) is 4.51.